The summed E-state index contributed by atoms with van der Waals surface area (Å²) in [7, 11) is 0. The number of hydrogen-bond donors (Lipinski definition) is 2. The summed E-state index contributed by atoms with van der Waals surface area (Å²) in [5, 5.41) is 18.2. The number of aliphatic hydroxyl groups excluding tert-OH is 2. The van der Waals surface area contributed by atoms with Crippen LogP contribution in [-0.2, 0) is 0 Å². The molecular formula is C14H21FO3. The standard InChI is InChI=1S/C14H21FO3/c1-11(17)13-7-6-12(15)10-14(13)18-9-5-3-2-4-8-16/h6-7,10-11,16-17H,2-5,8-9H2,1H3/t11-/m0/s1. The predicted molar refractivity (Wildman–Crippen MR) is 68.1 cm³/mol. The molecule has 0 aromatic heterocycles. The number of unbranched alkanes of at least 4 members (excludes halogenated alkanes) is 3. The lowest BCUT2D eigenvalue weighted by Gasteiger charge is -2.13. The van der Waals surface area contributed by atoms with Crippen molar-refractivity contribution < 1.29 is 19.3 Å². The Morgan fingerprint density at radius 3 is 2.61 bits per heavy atom. The summed E-state index contributed by atoms with van der Waals surface area (Å²) in [6, 6.07) is 4.16. The van der Waals surface area contributed by atoms with Gasteiger partial charge >= 0.3 is 0 Å². The molecule has 1 rings (SSSR count). The van der Waals surface area contributed by atoms with Crippen molar-refractivity contribution in [1.82, 2.24) is 0 Å². The molecule has 2 N–H and O–H groups in total. The molecule has 0 amide bonds. The monoisotopic (exact) mass is 256 g/mol. The van der Waals surface area contributed by atoms with Crippen molar-refractivity contribution in [3.63, 3.8) is 0 Å². The highest BCUT2D eigenvalue weighted by atomic mass is 19.1. The fourth-order valence-electron chi connectivity index (χ4n) is 1.73. The molecule has 0 bridgehead atoms. The first-order chi connectivity index (χ1) is 8.65. The lowest BCUT2D eigenvalue weighted by atomic mass is 10.1. The maximum atomic E-state index is 13.1. The highest BCUT2D eigenvalue weighted by molar-refractivity contribution is 5.35. The third kappa shape index (κ3) is 5.02. The molecule has 0 aliphatic rings. The molecule has 1 atom stereocenters. The van der Waals surface area contributed by atoms with Gasteiger partial charge in [0.1, 0.15) is 11.6 Å². The van der Waals surface area contributed by atoms with E-state index in [4.69, 9.17) is 9.84 Å². The van der Waals surface area contributed by atoms with Crippen molar-refractivity contribution in [3.8, 4) is 5.75 Å². The number of aliphatic hydroxyl groups is 2. The first-order valence-electron chi connectivity index (χ1n) is 6.36. The Hall–Kier alpha value is -1.13. The number of benzene rings is 1. The van der Waals surface area contributed by atoms with Crippen LogP contribution in [0.3, 0.4) is 0 Å². The fraction of sp³-hybridized carbons (Fsp3) is 0.571. The van der Waals surface area contributed by atoms with Crippen LogP contribution < -0.4 is 4.74 Å². The average Bonchev–Trinajstić information content (AvgIpc) is 2.33. The van der Waals surface area contributed by atoms with E-state index in [9.17, 15) is 9.50 Å². The van der Waals surface area contributed by atoms with Crippen molar-refractivity contribution in [2.24, 2.45) is 0 Å². The first kappa shape index (κ1) is 14.9. The van der Waals surface area contributed by atoms with Gasteiger partial charge in [-0.05, 0) is 38.3 Å². The Morgan fingerprint density at radius 2 is 1.94 bits per heavy atom. The molecule has 3 nitrogen and oxygen atoms in total. The minimum Gasteiger partial charge on any atom is -0.493 e. The summed E-state index contributed by atoms with van der Waals surface area (Å²) in [5.41, 5.74) is 0.603. The smallest absolute Gasteiger partial charge is 0.127 e. The van der Waals surface area contributed by atoms with Gasteiger partial charge in [-0.25, -0.2) is 4.39 Å². The van der Waals surface area contributed by atoms with Gasteiger partial charge in [0.05, 0.1) is 12.7 Å². The molecule has 0 radical (unpaired) electrons. The SMILES string of the molecule is C[C@H](O)c1ccc(F)cc1OCCCCCCO. The molecule has 18 heavy (non-hydrogen) atoms. The van der Waals surface area contributed by atoms with Crippen LogP contribution in [0.15, 0.2) is 18.2 Å². The lowest BCUT2D eigenvalue weighted by molar-refractivity contribution is 0.190. The zero-order chi connectivity index (χ0) is 13.4. The summed E-state index contributed by atoms with van der Waals surface area (Å²) in [4.78, 5) is 0. The van der Waals surface area contributed by atoms with Crippen LogP contribution in [0.1, 0.15) is 44.3 Å². The maximum absolute atomic E-state index is 13.1. The number of hydrogen-bond acceptors (Lipinski definition) is 3. The molecule has 0 heterocycles. The Kier molecular flexibility index (Phi) is 6.68. The Morgan fingerprint density at radius 1 is 1.22 bits per heavy atom. The molecule has 1 aromatic rings. The lowest BCUT2D eigenvalue weighted by Crippen LogP contribution is -2.03. The Bertz CT molecular complexity index is 353. The van der Waals surface area contributed by atoms with E-state index in [1.165, 1.54) is 12.1 Å². The van der Waals surface area contributed by atoms with Crippen molar-refractivity contribution in [3.05, 3.63) is 29.6 Å². The van der Waals surface area contributed by atoms with Gasteiger partial charge < -0.3 is 14.9 Å². The third-order valence-electron chi connectivity index (χ3n) is 2.74. The van der Waals surface area contributed by atoms with Gasteiger partial charge in [-0.15, -0.1) is 0 Å². The van der Waals surface area contributed by atoms with Gasteiger partial charge in [-0.2, -0.15) is 0 Å². The molecule has 0 aliphatic heterocycles. The second-order valence-corrected chi connectivity index (χ2v) is 4.34. The number of halogens is 1. The van der Waals surface area contributed by atoms with E-state index >= 15 is 0 Å². The Balaban J connectivity index is 2.43. The van der Waals surface area contributed by atoms with E-state index in [2.05, 4.69) is 0 Å². The minimum atomic E-state index is -0.671. The van der Waals surface area contributed by atoms with Crippen LogP contribution in [-0.4, -0.2) is 23.4 Å². The van der Waals surface area contributed by atoms with E-state index < -0.39 is 6.10 Å². The molecule has 0 fully saturated rings. The van der Waals surface area contributed by atoms with Gasteiger partial charge in [-0.3, -0.25) is 0 Å². The van der Waals surface area contributed by atoms with Gasteiger partial charge in [0.2, 0.25) is 0 Å². The Labute approximate surface area is 107 Å². The van der Waals surface area contributed by atoms with Crippen LogP contribution in [0.2, 0.25) is 0 Å². The van der Waals surface area contributed by atoms with Gasteiger partial charge in [0, 0.05) is 18.2 Å². The molecule has 0 saturated heterocycles. The normalized spacial score (nSPS) is 12.4. The fourth-order valence-corrected chi connectivity index (χ4v) is 1.73. The molecule has 4 heteroatoms. The molecule has 102 valence electrons. The zero-order valence-electron chi connectivity index (χ0n) is 10.7. The van der Waals surface area contributed by atoms with Crippen molar-refractivity contribution in [1.29, 1.82) is 0 Å². The predicted octanol–water partition coefficient (Wildman–Crippen LogP) is 2.81. The van der Waals surface area contributed by atoms with Gasteiger partial charge in [-0.1, -0.05) is 6.42 Å². The highest BCUT2D eigenvalue weighted by Crippen LogP contribution is 2.26. The molecule has 0 aliphatic carbocycles. The van der Waals surface area contributed by atoms with E-state index in [1.807, 2.05) is 0 Å². The molecule has 0 spiro atoms. The summed E-state index contributed by atoms with van der Waals surface area (Å²) in [5.74, 6) is 0.0434. The van der Waals surface area contributed by atoms with E-state index in [-0.39, 0.29) is 12.4 Å². The quantitative estimate of drug-likeness (QED) is 0.703. The first-order valence-corrected chi connectivity index (χ1v) is 6.36. The molecule has 1 aromatic carbocycles. The van der Waals surface area contributed by atoms with Crippen molar-refractivity contribution in [2.45, 2.75) is 38.7 Å². The van der Waals surface area contributed by atoms with Gasteiger partial charge in [0.15, 0.2) is 0 Å². The van der Waals surface area contributed by atoms with Crippen LogP contribution in [0, 0.1) is 5.82 Å². The molecular weight excluding hydrogens is 235 g/mol. The maximum Gasteiger partial charge on any atom is 0.127 e. The topological polar surface area (TPSA) is 49.7 Å². The van der Waals surface area contributed by atoms with Crippen LogP contribution in [0.5, 0.6) is 5.75 Å². The van der Waals surface area contributed by atoms with E-state index in [0.29, 0.717) is 17.9 Å². The minimum absolute atomic E-state index is 0.219. The van der Waals surface area contributed by atoms with E-state index in [1.54, 1.807) is 13.0 Å². The van der Waals surface area contributed by atoms with E-state index in [0.717, 1.165) is 25.7 Å². The largest absolute Gasteiger partial charge is 0.493 e. The second-order valence-electron chi connectivity index (χ2n) is 4.34. The average molecular weight is 256 g/mol. The van der Waals surface area contributed by atoms with Crippen molar-refractivity contribution >= 4 is 0 Å². The summed E-state index contributed by atoms with van der Waals surface area (Å²) in [6.07, 6.45) is 2.93. The summed E-state index contributed by atoms with van der Waals surface area (Å²) < 4.78 is 18.6. The van der Waals surface area contributed by atoms with Crippen LogP contribution in [0.4, 0.5) is 4.39 Å². The van der Waals surface area contributed by atoms with Crippen LogP contribution in [0.25, 0.3) is 0 Å². The third-order valence-corrected chi connectivity index (χ3v) is 2.74. The number of ether oxygens (including phenoxy) is 1. The van der Waals surface area contributed by atoms with Gasteiger partial charge in [0.25, 0.3) is 0 Å². The second kappa shape index (κ2) is 8.06. The summed E-state index contributed by atoms with van der Waals surface area (Å²) >= 11 is 0. The summed E-state index contributed by atoms with van der Waals surface area (Å²) in [6.45, 7) is 2.34. The zero-order valence-corrected chi connectivity index (χ0v) is 10.7. The molecule has 0 saturated carbocycles. The van der Waals surface area contributed by atoms with Crippen molar-refractivity contribution in [2.75, 3.05) is 13.2 Å². The van der Waals surface area contributed by atoms with Crippen LogP contribution >= 0.6 is 0 Å². The highest BCUT2D eigenvalue weighted by Gasteiger charge is 2.10. The number of rotatable bonds is 8. The molecule has 0 unspecified atom stereocenters.